The summed E-state index contributed by atoms with van der Waals surface area (Å²) >= 11 is 0. The van der Waals surface area contributed by atoms with Gasteiger partial charge >= 0.3 is 0 Å². The van der Waals surface area contributed by atoms with E-state index in [9.17, 15) is 0 Å². The van der Waals surface area contributed by atoms with Crippen LogP contribution in [-0.4, -0.2) is 36.9 Å². The van der Waals surface area contributed by atoms with Crippen LogP contribution in [0.4, 0.5) is 11.4 Å². The van der Waals surface area contributed by atoms with E-state index in [2.05, 4.69) is 66.3 Å². The zero-order chi connectivity index (χ0) is 21.7. The van der Waals surface area contributed by atoms with E-state index >= 15 is 0 Å². The first kappa shape index (κ1) is 21.3. The van der Waals surface area contributed by atoms with Crippen molar-refractivity contribution >= 4 is 17.1 Å². The standard InChI is InChI=1S/C26H30N4/c1-7-12-18(4)26(30(6)24-15-16-28-17-23(24)27-5)25-20-14-11-10-13-19(20)21(8-2)29-22(25)9-3/h7-17,22,25-27H,2-4H2,1,5-6H3/b12-7-. The van der Waals surface area contributed by atoms with Crippen LogP contribution >= 0.6 is 0 Å². The van der Waals surface area contributed by atoms with E-state index in [0.717, 1.165) is 28.2 Å². The molecule has 4 nitrogen and oxygen atoms in total. The van der Waals surface area contributed by atoms with Crippen molar-refractivity contribution in [3.05, 3.63) is 103 Å². The number of fused-ring (bicyclic) bond motifs is 1. The molecule has 0 aliphatic carbocycles. The van der Waals surface area contributed by atoms with E-state index < -0.39 is 0 Å². The predicted octanol–water partition coefficient (Wildman–Crippen LogP) is 5.39. The predicted molar refractivity (Wildman–Crippen MR) is 130 cm³/mol. The highest BCUT2D eigenvalue weighted by Gasteiger charge is 2.38. The minimum Gasteiger partial charge on any atom is -0.385 e. The molecular formula is C26H30N4. The molecular weight excluding hydrogens is 368 g/mol. The van der Waals surface area contributed by atoms with Gasteiger partial charge in [0.25, 0.3) is 0 Å². The second kappa shape index (κ2) is 9.40. The smallest absolute Gasteiger partial charge is 0.0776 e. The fraction of sp³-hybridized carbons (Fsp3) is 0.231. The lowest BCUT2D eigenvalue weighted by Crippen LogP contribution is -2.44. The molecule has 1 aliphatic rings. The van der Waals surface area contributed by atoms with Gasteiger partial charge in [0.1, 0.15) is 0 Å². The first-order valence-corrected chi connectivity index (χ1v) is 10.2. The Hall–Kier alpha value is -3.40. The summed E-state index contributed by atoms with van der Waals surface area (Å²) in [5, 5.41) is 3.25. The van der Waals surface area contributed by atoms with Crippen molar-refractivity contribution in [3.63, 3.8) is 0 Å². The van der Waals surface area contributed by atoms with Crippen molar-refractivity contribution < 1.29 is 0 Å². The Morgan fingerprint density at radius 2 is 2.00 bits per heavy atom. The molecule has 1 aromatic carbocycles. The summed E-state index contributed by atoms with van der Waals surface area (Å²) in [6.45, 7) is 14.5. The number of likely N-dealkylation sites (N-methyl/N-ethyl adjacent to an activating group) is 1. The molecule has 0 saturated heterocycles. The van der Waals surface area contributed by atoms with Gasteiger partial charge in [0.2, 0.25) is 0 Å². The van der Waals surface area contributed by atoms with Gasteiger partial charge < -0.3 is 10.2 Å². The molecule has 0 bridgehead atoms. The monoisotopic (exact) mass is 398 g/mol. The first-order valence-electron chi connectivity index (χ1n) is 10.2. The largest absolute Gasteiger partial charge is 0.385 e. The maximum Gasteiger partial charge on any atom is 0.0776 e. The molecule has 0 saturated carbocycles. The molecule has 3 atom stereocenters. The summed E-state index contributed by atoms with van der Waals surface area (Å²) in [5.41, 5.74) is 6.29. The first-order chi connectivity index (χ1) is 14.6. The summed E-state index contributed by atoms with van der Waals surface area (Å²) < 4.78 is 0. The second-order valence-corrected chi connectivity index (χ2v) is 7.33. The molecule has 30 heavy (non-hydrogen) atoms. The molecule has 0 amide bonds. The Morgan fingerprint density at radius 1 is 1.23 bits per heavy atom. The number of rotatable bonds is 8. The fourth-order valence-corrected chi connectivity index (χ4v) is 4.30. The molecule has 154 valence electrons. The van der Waals surface area contributed by atoms with E-state index in [1.54, 1.807) is 0 Å². The number of hydrogen-bond donors (Lipinski definition) is 1. The molecule has 0 fully saturated rings. The van der Waals surface area contributed by atoms with Crippen LogP contribution in [0.1, 0.15) is 24.0 Å². The van der Waals surface area contributed by atoms with E-state index in [1.165, 1.54) is 5.56 Å². The molecule has 0 radical (unpaired) electrons. The topological polar surface area (TPSA) is 40.5 Å². The average molecular weight is 399 g/mol. The lowest BCUT2D eigenvalue weighted by Gasteiger charge is -2.42. The lowest BCUT2D eigenvalue weighted by molar-refractivity contribution is 0.519. The van der Waals surface area contributed by atoms with Crippen LogP contribution in [0.2, 0.25) is 0 Å². The van der Waals surface area contributed by atoms with E-state index in [4.69, 9.17) is 4.99 Å². The molecule has 2 heterocycles. The summed E-state index contributed by atoms with van der Waals surface area (Å²) in [5.74, 6) is 0.0500. The summed E-state index contributed by atoms with van der Waals surface area (Å²) in [7, 11) is 4.01. The van der Waals surface area contributed by atoms with Crippen LogP contribution in [0.15, 0.2) is 97.3 Å². The summed E-state index contributed by atoms with van der Waals surface area (Å²) in [6.07, 6.45) is 11.5. The Bertz CT molecular complexity index is 1000. The van der Waals surface area contributed by atoms with Gasteiger partial charge in [-0.15, -0.1) is 6.58 Å². The minimum atomic E-state index is -0.0952. The van der Waals surface area contributed by atoms with Gasteiger partial charge in [-0.25, -0.2) is 0 Å². The van der Waals surface area contributed by atoms with Crippen LogP contribution in [0.5, 0.6) is 0 Å². The maximum absolute atomic E-state index is 4.98. The number of anilines is 2. The summed E-state index contributed by atoms with van der Waals surface area (Å²) in [6, 6.07) is 10.3. The van der Waals surface area contributed by atoms with E-state index in [1.807, 2.05) is 56.7 Å². The van der Waals surface area contributed by atoms with E-state index in [-0.39, 0.29) is 18.0 Å². The number of aromatic nitrogens is 1. The van der Waals surface area contributed by atoms with Gasteiger partial charge in [0.05, 0.1) is 35.4 Å². The van der Waals surface area contributed by atoms with Crippen molar-refractivity contribution in [3.8, 4) is 0 Å². The van der Waals surface area contributed by atoms with Crippen LogP contribution in [0.25, 0.3) is 0 Å². The number of hydrogen-bond acceptors (Lipinski definition) is 4. The zero-order valence-corrected chi connectivity index (χ0v) is 18.0. The highest BCUT2D eigenvalue weighted by Crippen LogP contribution is 2.41. The number of nitrogens with zero attached hydrogens (tertiary/aromatic N) is 3. The van der Waals surface area contributed by atoms with Crippen LogP contribution in [0.3, 0.4) is 0 Å². The van der Waals surface area contributed by atoms with Gasteiger partial charge in [0, 0.05) is 31.8 Å². The van der Waals surface area contributed by atoms with Gasteiger partial charge in [-0.2, -0.15) is 0 Å². The Morgan fingerprint density at radius 3 is 2.67 bits per heavy atom. The average Bonchev–Trinajstić information content (AvgIpc) is 2.79. The zero-order valence-electron chi connectivity index (χ0n) is 18.0. The van der Waals surface area contributed by atoms with Crippen molar-refractivity contribution in [1.82, 2.24) is 4.98 Å². The molecule has 1 aliphatic heterocycles. The Balaban J connectivity index is 2.21. The van der Waals surface area contributed by atoms with Crippen molar-refractivity contribution in [2.75, 3.05) is 24.3 Å². The molecule has 3 rings (SSSR count). The third-order valence-corrected chi connectivity index (χ3v) is 5.65. The third kappa shape index (κ3) is 3.86. The van der Waals surface area contributed by atoms with E-state index in [0.29, 0.717) is 0 Å². The third-order valence-electron chi connectivity index (χ3n) is 5.65. The van der Waals surface area contributed by atoms with Crippen molar-refractivity contribution in [1.29, 1.82) is 0 Å². The van der Waals surface area contributed by atoms with Crippen molar-refractivity contribution in [2.45, 2.75) is 24.9 Å². The van der Waals surface area contributed by atoms with Crippen LogP contribution in [-0.2, 0) is 0 Å². The number of nitrogens with one attached hydrogen (secondary N) is 1. The quantitative estimate of drug-likeness (QED) is 0.479. The minimum absolute atomic E-state index is 0.0324. The Kier molecular flexibility index (Phi) is 6.68. The van der Waals surface area contributed by atoms with Gasteiger partial charge in [-0.3, -0.25) is 9.98 Å². The lowest BCUT2D eigenvalue weighted by atomic mass is 9.76. The second-order valence-electron chi connectivity index (χ2n) is 7.33. The number of benzene rings is 1. The highest BCUT2D eigenvalue weighted by atomic mass is 15.2. The van der Waals surface area contributed by atoms with Crippen molar-refractivity contribution in [2.24, 2.45) is 4.99 Å². The number of aliphatic imine (C=N–C) groups is 1. The fourth-order valence-electron chi connectivity index (χ4n) is 4.30. The summed E-state index contributed by atoms with van der Waals surface area (Å²) in [4.78, 5) is 11.5. The highest BCUT2D eigenvalue weighted by molar-refractivity contribution is 6.10. The van der Waals surface area contributed by atoms with Gasteiger partial charge in [-0.05, 0) is 30.2 Å². The Labute approximate surface area is 180 Å². The maximum atomic E-state index is 4.98. The van der Waals surface area contributed by atoms with Crippen LogP contribution < -0.4 is 10.2 Å². The number of pyridine rings is 1. The SMILES string of the molecule is C=CC1=NC(C=C)C(C(C(=C)/C=C\C)N(C)c2ccncc2NC)c2ccccc21. The molecule has 1 N–H and O–H groups in total. The number of allylic oxidation sites excluding steroid dienone is 2. The van der Waals surface area contributed by atoms with Gasteiger partial charge in [0.15, 0.2) is 0 Å². The molecule has 0 spiro atoms. The molecule has 1 aromatic heterocycles. The van der Waals surface area contributed by atoms with Crippen LogP contribution in [0, 0.1) is 0 Å². The molecule has 3 unspecified atom stereocenters. The molecule has 2 aromatic rings. The van der Waals surface area contributed by atoms with Gasteiger partial charge in [-0.1, -0.05) is 55.7 Å². The molecule has 4 heteroatoms. The normalized spacial score (nSPS) is 18.8.